The molecule has 0 aliphatic carbocycles. The van der Waals surface area contributed by atoms with Crippen LogP contribution in [0.4, 0.5) is 5.69 Å². The summed E-state index contributed by atoms with van der Waals surface area (Å²) in [6.07, 6.45) is 4.78. The van der Waals surface area contributed by atoms with Crippen LogP contribution in [0.15, 0.2) is 24.3 Å². The zero-order chi connectivity index (χ0) is 16.4. The third-order valence-corrected chi connectivity index (χ3v) is 5.02. The molecule has 2 fully saturated rings. The highest BCUT2D eigenvalue weighted by atomic mass is 16.2. The summed E-state index contributed by atoms with van der Waals surface area (Å²) in [6.45, 7) is 1.91. The third-order valence-electron chi connectivity index (χ3n) is 5.02. The molecule has 2 unspecified atom stereocenters. The highest BCUT2D eigenvalue weighted by molar-refractivity contribution is 5.97. The van der Waals surface area contributed by atoms with Gasteiger partial charge in [-0.15, -0.1) is 0 Å². The summed E-state index contributed by atoms with van der Waals surface area (Å²) in [4.78, 5) is 25.8. The van der Waals surface area contributed by atoms with Gasteiger partial charge in [-0.3, -0.25) is 14.5 Å². The number of nitrogens with one attached hydrogen (secondary N) is 2. The average molecular weight is 315 g/mol. The summed E-state index contributed by atoms with van der Waals surface area (Å²) >= 11 is 0. The first-order chi connectivity index (χ1) is 11.0. The maximum Gasteiger partial charge on any atom is 0.238 e. The molecule has 3 rings (SSSR count). The molecule has 2 atom stereocenters. The van der Waals surface area contributed by atoms with E-state index in [0.29, 0.717) is 35.9 Å². The fourth-order valence-electron chi connectivity index (χ4n) is 3.76. The number of hydrogen-bond donors (Lipinski definition) is 2. The van der Waals surface area contributed by atoms with Gasteiger partial charge in [-0.25, -0.2) is 0 Å². The van der Waals surface area contributed by atoms with Gasteiger partial charge in [0.15, 0.2) is 5.78 Å². The smallest absolute Gasteiger partial charge is 0.238 e. The molecule has 0 spiro atoms. The lowest BCUT2D eigenvalue weighted by atomic mass is 9.98. The SMILES string of the molecule is CC(=O)c1cccc(NC(=O)CN(C)C2CC3CCC(C2)N3)c1. The number of nitrogens with zero attached hydrogens (tertiary/aromatic N) is 1. The number of carbonyl (C=O) groups excluding carboxylic acids is 2. The monoisotopic (exact) mass is 315 g/mol. The Hall–Kier alpha value is -1.72. The summed E-state index contributed by atoms with van der Waals surface area (Å²) < 4.78 is 0. The Morgan fingerprint density at radius 1 is 1.26 bits per heavy atom. The number of benzene rings is 1. The van der Waals surface area contributed by atoms with E-state index in [-0.39, 0.29) is 11.7 Å². The second-order valence-corrected chi connectivity index (χ2v) is 6.86. The molecule has 1 aromatic carbocycles. The summed E-state index contributed by atoms with van der Waals surface area (Å²) in [6, 6.07) is 8.81. The lowest BCUT2D eigenvalue weighted by molar-refractivity contribution is -0.117. The lowest BCUT2D eigenvalue weighted by Gasteiger charge is -2.35. The van der Waals surface area contributed by atoms with Crippen LogP contribution in [0.3, 0.4) is 0 Å². The van der Waals surface area contributed by atoms with Gasteiger partial charge in [0, 0.05) is 29.4 Å². The number of amides is 1. The molecule has 2 N–H and O–H groups in total. The number of carbonyl (C=O) groups is 2. The summed E-state index contributed by atoms with van der Waals surface area (Å²) in [5.74, 6) is -0.0255. The quantitative estimate of drug-likeness (QED) is 0.816. The topological polar surface area (TPSA) is 61.4 Å². The Labute approximate surface area is 137 Å². The van der Waals surface area contributed by atoms with Crippen molar-refractivity contribution in [3.05, 3.63) is 29.8 Å². The van der Waals surface area contributed by atoms with Crippen molar-refractivity contribution < 1.29 is 9.59 Å². The Morgan fingerprint density at radius 3 is 2.61 bits per heavy atom. The molecular formula is C18H25N3O2. The number of likely N-dealkylation sites (N-methyl/N-ethyl adjacent to an activating group) is 1. The van der Waals surface area contributed by atoms with Crippen molar-refractivity contribution >= 4 is 17.4 Å². The first-order valence-electron chi connectivity index (χ1n) is 8.38. The van der Waals surface area contributed by atoms with Crippen LogP contribution in [-0.4, -0.2) is 48.3 Å². The molecule has 0 saturated carbocycles. The molecule has 0 aromatic heterocycles. The van der Waals surface area contributed by atoms with Gasteiger partial charge in [0.1, 0.15) is 0 Å². The van der Waals surface area contributed by atoms with Crippen molar-refractivity contribution in [1.82, 2.24) is 10.2 Å². The van der Waals surface area contributed by atoms with Crippen molar-refractivity contribution in [3.63, 3.8) is 0 Å². The number of hydrogen-bond acceptors (Lipinski definition) is 4. The van der Waals surface area contributed by atoms with Crippen LogP contribution < -0.4 is 10.6 Å². The van der Waals surface area contributed by atoms with Gasteiger partial charge in [-0.1, -0.05) is 12.1 Å². The summed E-state index contributed by atoms with van der Waals surface area (Å²) in [5.41, 5.74) is 1.30. The summed E-state index contributed by atoms with van der Waals surface area (Å²) in [5, 5.41) is 6.52. The van der Waals surface area contributed by atoms with E-state index in [1.165, 1.54) is 19.8 Å². The van der Waals surface area contributed by atoms with Crippen LogP contribution in [0, 0.1) is 0 Å². The van der Waals surface area contributed by atoms with E-state index in [1.54, 1.807) is 18.2 Å². The van der Waals surface area contributed by atoms with Gasteiger partial charge < -0.3 is 10.6 Å². The van der Waals surface area contributed by atoms with Crippen LogP contribution in [0.1, 0.15) is 43.0 Å². The second kappa shape index (κ2) is 6.81. The maximum absolute atomic E-state index is 12.3. The van der Waals surface area contributed by atoms with Crippen LogP contribution >= 0.6 is 0 Å². The molecule has 124 valence electrons. The molecule has 1 aromatic rings. The van der Waals surface area contributed by atoms with E-state index in [1.807, 2.05) is 13.1 Å². The molecule has 2 heterocycles. The first-order valence-corrected chi connectivity index (χ1v) is 8.38. The standard InChI is InChI=1S/C18H25N3O2/c1-12(22)13-4-3-5-14(8-13)20-18(23)11-21(2)17-9-15-6-7-16(10-17)19-15/h3-5,8,15-17,19H,6-7,9-11H2,1-2H3,(H,20,23). The molecule has 23 heavy (non-hydrogen) atoms. The first kappa shape index (κ1) is 16.1. The largest absolute Gasteiger partial charge is 0.325 e. The van der Waals surface area contributed by atoms with Crippen LogP contribution in [0.2, 0.25) is 0 Å². The van der Waals surface area contributed by atoms with Gasteiger partial charge in [0.25, 0.3) is 0 Å². The van der Waals surface area contributed by atoms with Gasteiger partial charge in [-0.05, 0) is 51.8 Å². The summed E-state index contributed by atoms with van der Waals surface area (Å²) in [7, 11) is 2.03. The maximum atomic E-state index is 12.3. The van der Waals surface area contributed by atoms with Crippen molar-refractivity contribution in [2.45, 2.75) is 50.7 Å². The van der Waals surface area contributed by atoms with E-state index < -0.39 is 0 Å². The Bertz CT molecular complexity index is 590. The number of fused-ring (bicyclic) bond motifs is 2. The fourth-order valence-corrected chi connectivity index (χ4v) is 3.76. The zero-order valence-electron chi connectivity index (χ0n) is 13.8. The Morgan fingerprint density at radius 2 is 1.96 bits per heavy atom. The average Bonchev–Trinajstić information content (AvgIpc) is 2.85. The molecule has 2 aliphatic heterocycles. The normalized spacial score (nSPS) is 26.3. The number of ketones is 1. The lowest BCUT2D eigenvalue weighted by Crippen LogP contribution is -2.48. The van der Waals surface area contributed by atoms with Crippen molar-refractivity contribution in [3.8, 4) is 0 Å². The van der Waals surface area contributed by atoms with E-state index in [9.17, 15) is 9.59 Å². The van der Waals surface area contributed by atoms with Gasteiger partial charge in [0.05, 0.1) is 6.54 Å². The van der Waals surface area contributed by atoms with Crippen molar-refractivity contribution in [1.29, 1.82) is 0 Å². The third kappa shape index (κ3) is 3.98. The minimum absolute atomic E-state index is 0.00315. The molecule has 0 radical (unpaired) electrons. The Balaban J connectivity index is 1.54. The number of piperidine rings is 1. The Kier molecular flexibility index (Phi) is 4.78. The van der Waals surface area contributed by atoms with Crippen molar-refractivity contribution in [2.24, 2.45) is 0 Å². The van der Waals surface area contributed by atoms with E-state index in [4.69, 9.17) is 0 Å². The van der Waals surface area contributed by atoms with Crippen molar-refractivity contribution in [2.75, 3.05) is 18.9 Å². The number of rotatable bonds is 5. The number of Topliss-reactive ketones (excluding diaryl/α,β-unsaturated/α-hetero) is 1. The molecular weight excluding hydrogens is 290 g/mol. The van der Waals surface area contributed by atoms with E-state index in [2.05, 4.69) is 15.5 Å². The molecule has 2 saturated heterocycles. The molecule has 5 heteroatoms. The van der Waals surface area contributed by atoms with Gasteiger partial charge >= 0.3 is 0 Å². The van der Waals surface area contributed by atoms with Crippen LogP contribution in [-0.2, 0) is 4.79 Å². The van der Waals surface area contributed by atoms with Crippen LogP contribution in [0.25, 0.3) is 0 Å². The molecule has 2 aliphatic rings. The van der Waals surface area contributed by atoms with Crippen LogP contribution in [0.5, 0.6) is 0 Å². The predicted octanol–water partition coefficient (Wildman–Crippen LogP) is 2.04. The second-order valence-electron chi connectivity index (χ2n) is 6.86. The minimum Gasteiger partial charge on any atom is -0.325 e. The molecule has 2 bridgehead atoms. The number of anilines is 1. The van der Waals surface area contributed by atoms with E-state index in [0.717, 1.165) is 12.8 Å². The van der Waals surface area contributed by atoms with Gasteiger partial charge in [-0.2, -0.15) is 0 Å². The molecule has 5 nitrogen and oxygen atoms in total. The van der Waals surface area contributed by atoms with Gasteiger partial charge in [0.2, 0.25) is 5.91 Å². The molecule has 1 amide bonds. The zero-order valence-corrected chi connectivity index (χ0v) is 13.8. The highest BCUT2D eigenvalue weighted by Crippen LogP contribution is 2.29. The minimum atomic E-state index is -0.0286. The van der Waals surface area contributed by atoms with E-state index >= 15 is 0 Å². The highest BCUT2D eigenvalue weighted by Gasteiger charge is 2.35. The predicted molar refractivity (Wildman–Crippen MR) is 90.7 cm³/mol. The fraction of sp³-hybridized carbons (Fsp3) is 0.556.